The maximum atomic E-state index is 12.3. The van der Waals surface area contributed by atoms with Gasteiger partial charge in [0.1, 0.15) is 23.1 Å². The number of nitrogen functional groups attached to an aromatic ring is 1. The lowest BCUT2D eigenvalue weighted by atomic mass is 10.1. The first kappa shape index (κ1) is 35.3. The van der Waals surface area contributed by atoms with Gasteiger partial charge in [0.2, 0.25) is 11.6 Å². The van der Waals surface area contributed by atoms with Crippen molar-refractivity contribution in [2.45, 2.75) is 78.6 Å². The molecule has 248 valence electrons. The van der Waals surface area contributed by atoms with Gasteiger partial charge in [0.25, 0.3) is 0 Å². The summed E-state index contributed by atoms with van der Waals surface area (Å²) in [5.41, 5.74) is 6.31. The fourth-order valence-electron chi connectivity index (χ4n) is 4.38. The van der Waals surface area contributed by atoms with Crippen molar-refractivity contribution in [2.24, 2.45) is 0 Å². The molecular formula is C32H42N6O8. The lowest BCUT2D eigenvalue weighted by Gasteiger charge is -2.29. The number of ether oxygens (including phenoxy) is 3. The number of anilines is 2. The number of carbonyl (C=O) groups is 2. The third-order valence-corrected chi connectivity index (χ3v) is 6.66. The van der Waals surface area contributed by atoms with E-state index in [0.29, 0.717) is 30.0 Å². The molecule has 1 heterocycles. The number of carboxylic acids is 1. The molecule has 46 heavy (non-hydrogen) atoms. The van der Waals surface area contributed by atoms with E-state index in [0.717, 1.165) is 12.0 Å². The second-order valence-corrected chi connectivity index (χ2v) is 11.6. The molecule has 1 unspecified atom stereocenters. The van der Waals surface area contributed by atoms with Crippen molar-refractivity contribution in [3.63, 3.8) is 0 Å². The summed E-state index contributed by atoms with van der Waals surface area (Å²) in [6.45, 7) is 9.68. The van der Waals surface area contributed by atoms with Crippen LogP contribution in [0.5, 0.6) is 17.5 Å². The highest BCUT2D eigenvalue weighted by Gasteiger charge is 2.34. The van der Waals surface area contributed by atoms with Crippen LogP contribution in [0.15, 0.2) is 48.5 Å². The number of nitrogens with zero attached hydrogens (tertiary/aromatic N) is 5. The second kappa shape index (κ2) is 15.7. The molecule has 1 atom stereocenters. The maximum absolute atomic E-state index is 12.3. The zero-order chi connectivity index (χ0) is 34.0. The van der Waals surface area contributed by atoms with E-state index >= 15 is 0 Å². The summed E-state index contributed by atoms with van der Waals surface area (Å²) in [6.07, 6.45) is 1.26. The zero-order valence-electron chi connectivity index (χ0n) is 27.1. The molecular weight excluding hydrogens is 596 g/mol. The molecule has 0 saturated carbocycles. The summed E-state index contributed by atoms with van der Waals surface area (Å²) in [6, 6.07) is 12.8. The monoisotopic (exact) mass is 638 g/mol. The van der Waals surface area contributed by atoms with Gasteiger partial charge in [0, 0.05) is 20.1 Å². The Morgan fingerprint density at radius 1 is 1.00 bits per heavy atom. The molecule has 0 spiro atoms. The van der Waals surface area contributed by atoms with Gasteiger partial charge in [-0.1, -0.05) is 44.5 Å². The molecule has 0 fully saturated rings. The Kier molecular flexibility index (Phi) is 12.1. The Bertz CT molecular complexity index is 1490. The first-order chi connectivity index (χ1) is 21.7. The van der Waals surface area contributed by atoms with Crippen LogP contribution in [0.3, 0.4) is 0 Å². The number of hydrogen-bond donors (Lipinski definition) is 2. The van der Waals surface area contributed by atoms with Gasteiger partial charge in [-0.05, 0) is 69.0 Å². The van der Waals surface area contributed by atoms with E-state index in [2.05, 4.69) is 9.97 Å². The topological polar surface area (TPSA) is 183 Å². The highest BCUT2D eigenvalue weighted by Crippen LogP contribution is 2.35. The summed E-state index contributed by atoms with van der Waals surface area (Å²) < 4.78 is 16.9. The molecule has 1 aromatic heterocycles. The number of aliphatic carboxylic acids is 1. The Morgan fingerprint density at radius 3 is 2.04 bits per heavy atom. The van der Waals surface area contributed by atoms with Crippen LogP contribution in [0.2, 0.25) is 0 Å². The summed E-state index contributed by atoms with van der Waals surface area (Å²) >= 11 is 0. The summed E-state index contributed by atoms with van der Waals surface area (Å²) in [5, 5.41) is 22.0. The lowest BCUT2D eigenvalue weighted by Crippen LogP contribution is -2.41. The standard InChI is InChI=1S/C32H42N6O8/c1-7-9-18-44-30-34-27(33)26(38(42)43)28(35-30)37(25(8-2)29(39)40)20-22-12-16-24(17-13-22)45-23-14-10-21(11-15-23)19-36(6)31(41)46-32(3,4)5/h10-17,25H,7-9,18-20H2,1-6H3,(H,39,40)(H2,33,34,35). The average molecular weight is 639 g/mol. The predicted molar refractivity (Wildman–Crippen MR) is 172 cm³/mol. The second-order valence-electron chi connectivity index (χ2n) is 11.6. The third-order valence-electron chi connectivity index (χ3n) is 6.66. The maximum Gasteiger partial charge on any atom is 0.410 e. The molecule has 3 aromatic rings. The van der Waals surface area contributed by atoms with Gasteiger partial charge in [-0.15, -0.1) is 0 Å². The quantitative estimate of drug-likeness (QED) is 0.110. The molecule has 1 amide bonds. The summed E-state index contributed by atoms with van der Waals surface area (Å²) in [4.78, 5) is 46.8. The van der Waals surface area contributed by atoms with Gasteiger partial charge < -0.3 is 34.9 Å². The zero-order valence-corrected chi connectivity index (χ0v) is 27.1. The Balaban J connectivity index is 1.80. The minimum atomic E-state index is -1.18. The molecule has 0 radical (unpaired) electrons. The summed E-state index contributed by atoms with van der Waals surface area (Å²) in [7, 11) is 1.67. The van der Waals surface area contributed by atoms with Crippen LogP contribution in [-0.4, -0.2) is 62.3 Å². The van der Waals surface area contributed by atoms with Crippen molar-refractivity contribution < 1.29 is 33.8 Å². The van der Waals surface area contributed by atoms with Crippen LogP contribution in [0.4, 0.5) is 22.1 Å². The van der Waals surface area contributed by atoms with Gasteiger partial charge in [-0.3, -0.25) is 10.1 Å². The number of benzene rings is 2. The number of amides is 1. The normalized spacial score (nSPS) is 11.8. The molecule has 0 bridgehead atoms. The number of nitro groups is 1. The van der Waals surface area contributed by atoms with Crippen molar-refractivity contribution >= 4 is 29.4 Å². The first-order valence-electron chi connectivity index (χ1n) is 15.0. The lowest BCUT2D eigenvalue weighted by molar-refractivity contribution is -0.383. The SMILES string of the molecule is CCCCOc1nc(N)c([N+](=O)[O-])c(N(Cc2ccc(Oc3ccc(CN(C)C(=O)OC(C)(C)C)cc3)cc2)C(CC)C(=O)O)n1. The Hall–Kier alpha value is -5.14. The molecule has 0 aliphatic carbocycles. The minimum Gasteiger partial charge on any atom is -0.480 e. The van der Waals surface area contributed by atoms with Crippen LogP contribution in [0.25, 0.3) is 0 Å². The fourth-order valence-corrected chi connectivity index (χ4v) is 4.38. The molecule has 0 saturated heterocycles. The Labute approximate surface area is 268 Å². The van der Waals surface area contributed by atoms with Gasteiger partial charge in [-0.25, -0.2) is 9.59 Å². The number of carbonyl (C=O) groups excluding carboxylic acids is 1. The average Bonchev–Trinajstić information content (AvgIpc) is 2.97. The van der Waals surface area contributed by atoms with E-state index in [-0.39, 0.29) is 31.4 Å². The van der Waals surface area contributed by atoms with E-state index in [1.54, 1.807) is 50.4 Å². The third kappa shape index (κ3) is 9.94. The van der Waals surface area contributed by atoms with Crippen molar-refractivity contribution in [1.82, 2.24) is 14.9 Å². The van der Waals surface area contributed by atoms with Gasteiger partial charge in [0.15, 0.2) is 0 Å². The van der Waals surface area contributed by atoms with Crippen molar-refractivity contribution in [1.29, 1.82) is 0 Å². The summed E-state index contributed by atoms with van der Waals surface area (Å²) in [5.74, 6) is -0.752. The van der Waals surface area contributed by atoms with Crippen molar-refractivity contribution in [2.75, 3.05) is 24.3 Å². The number of aromatic nitrogens is 2. The van der Waals surface area contributed by atoms with Crippen LogP contribution in [0.1, 0.15) is 65.0 Å². The number of nitrogens with two attached hydrogens (primary N) is 1. The van der Waals surface area contributed by atoms with E-state index in [1.165, 1.54) is 9.80 Å². The van der Waals surface area contributed by atoms with Gasteiger partial charge in [0.05, 0.1) is 11.5 Å². The highest BCUT2D eigenvalue weighted by atomic mass is 16.6. The van der Waals surface area contributed by atoms with Gasteiger partial charge >= 0.3 is 23.8 Å². The van der Waals surface area contributed by atoms with E-state index in [9.17, 15) is 24.8 Å². The van der Waals surface area contributed by atoms with E-state index in [1.807, 2.05) is 39.8 Å². The van der Waals surface area contributed by atoms with Crippen molar-refractivity contribution in [3.8, 4) is 17.5 Å². The smallest absolute Gasteiger partial charge is 0.410 e. The predicted octanol–water partition coefficient (Wildman–Crippen LogP) is 6.17. The first-order valence-corrected chi connectivity index (χ1v) is 15.0. The molecule has 2 aromatic carbocycles. The highest BCUT2D eigenvalue weighted by molar-refractivity contribution is 5.80. The molecule has 14 nitrogen and oxygen atoms in total. The Morgan fingerprint density at radius 2 is 1.57 bits per heavy atom. The number of hydrogen-bond acceptors (Lipinski definition) is 11. The van der Waals surface area contributed by atoms with E-state index < -0.39 is 40.1 Å². The van der Waals surface area contributed by atoms with Crippen molar-refractivity contribution in [3.05, 3.63) is 69.8 Å². The van der Waals surface area contributed by atoms with Crippen LogP contribution < -0.4 is 20.1 Å². The molecule has 3 rings (SSSR count). The number of unbranched alkanes of at least 4 members (excludes halogenated alkanes) is 1. The largest absolute Gasteiger partial charge is 0.480 e. The van der Waals surface area contributed by atoms with Gasteiger partial charge in [-0.2, -0.15) is 9.97 Å². The molecule has 0 aliphatic heterocycles. The molecule has 14 heteroatoms. The molecule has 3 N–H and O–H groups in total. The van der Waals surface area contributed by atoms with Crippen LogP contribution in [-0.2, 0) is 22.6 Å². The fraction of sp³-hybridized carbons (Fsp3) is 0.438. The number of rotatable bonds is 15. The molecule has 0 aliphatic rings. The number of carboxylic acid groups (broad SMARTS) is 1. The van der Waals surface area contributed by atoms with Crippen LogP contribution >= 0.6 is 0 Å². The van der Waals surface area contributed by atoms with E-state index in [4.69, 9.17) is 19.9 Å². The van der Waals surface area contributed by atoms with Crippen LogP contribution in [0, 0.1) is 10.1 Å². The minimum absolute atomic E-state index is 0.0311.